The molecule has 0 heterocycles. The highest BCUT2D eigenvalue weighted by Gasteiger charge is 2.22. The molecule has 1 aliphatic carbocycles. The first-order chi connectivity index (χ1) is 7.77. The van der Waals surface area contributed by atoms with Gasteiger partial charge in [0.25, 0.3) is 0 Å². The average Bonchev–Trinajstić information content (AvgIpc) is 2.48. The molecule has 1 aromatic carbocycles. The molecule has 1 aliphatic rings. The van der Waals surface area contributed by atoms with E-state index >= 15 is 0 Å². The van der Waals surface area contributed by atoms with Gasteiger partial charge in [-0.1, -0.05) is 31.0 Å². The van der Waals surface area contributed by atoms with Crippen molar-refractivity contribution in [2.75, 3.05) is 0 Å². The van der Waals surface area contributed by atoms with Crippen LogP contribution in [-0.2, 0) is 0 Å². The van der Waals surface area contributed by atoms with Crippen LogP contribution >= 0.6 is 0 Å². The highest BCUT2D eigenvalue weighted by atomic mass is 16.5. The Balaban J connectivity index is 2.05. The van der Waals surface area contributed by atoms with Crippen molar-refractivity contribution in [3.8, 4) is 5.75 Å². The van der Waals surface area contributed by atoms with E-state index in [0.717, 1.165) is 18.6 Å². The van der Waals surface area contributed by atoms with Crippen LogP contribution in [0.15, 0.2) is 24.3 Å². The summed E-state index contributed by atoms with van der Waals surface area (Å²) in [6, 6.07) is 8.37. The largest absolute Gasteiger partial charge is 0.489 e. The van der Waals surface area contributed by atoms with E-state index in [9.17, 15) is 0 Å². The molecule has 2 rings (SSSR count). The van der Waals surface area contributed by atoms with E-state index in [4.69, 9.17) is 10.5 Å². The number of para-hydroxylation sites is 1. The number of hydrogen-bond acceptors (Lipinski definition) is 2. The quantitative estimate of drug-likeness (QED) is 0.776. The molecule has 2 heteroatoms. The van der Waals surface area contributed by atoms with Gasteiger partial charge in [-0.05, 0) is 37.8 Å². The molecule has 2 N–H and O–H groups in total. The molecule has 2 unspecified atom stereocenters. The minimum absolute atomic E-state index is 0.196. The molecule has 0 spiro atoms. The number of rotatable bonds is 2. The van der Waals surface area contributed by atoms with Crippen molar-refractivity contribution < 1.29 is 4.74 Å². The van der Waals surface area contributed by atoms with Gasteiger partial charge in [0.1, 0.15) is 11.9 Å². The Morgan fingerprint density at radius 1 is 1.12 bits per heavy atom. The molecule has 0 saturated heterocycles. The molecule has 0 radical (unpaired) electrons. The van der Waals surface area contributed by atoms with Gasteiger partial charge in [0.05, 0.1) is 0 Å². The van der Waals surface area contributed by atoms with Crippen LogP contribution in [0.3, 0.4) is 0 Å². The predicted molar refractivity (Wildman–Crippen MR) is 66.7 cm³/mol. The third-order valence-electron chi connectivity index (χ3n) is 3.38. The van der Waals surface area contributed by atoms with Gasteiger partial charge in [-0.3, -0.25) is 0 Å². The Morgan fingerprint density at radius 2 is 1.88 bits per heavy atom. The molecule has 1 fully saturated rings. The molecule has 1 saturated carbocycles. The SMILES string of the molecule is Cc1ccccc1OC1CCCCCC1N. The van der Waals surface area contributed by atoms with Crippen LogP contribution in [-0.4, -0.2) is 12.1 Å². The third kappa shape index (κ3) is 2.76. The molecule has 2 atom stereocenters. The van der Waals surface area contributed by atoms with E-state index < -0.39 is 0 Å². The second kappa shape index (κ2) is 5.35. The molecular formula is C14H21NO. The summed E-state index contributed by atoms with van der Waals surface area (Å²) in [4.78, 5) is 0. The lowest BCUT2D eigenvalue weighted by Gasteiger charge is -2.23. The first-order valence-electron chi connectivity index (χ1n) is 6.25. The van der Waals surface area contributed by atoms with Crippen LogP contribution in [0.1, 0.15) is 37.7 Å². The number of aryl methyl sites for hydroxylation is 1. The lowest BCUT2D eigenvalue weighted by Crippen LogP contribution is -2.38. The second-order valence-electron chi connectivity index (χ2n) is 4.72. The van der Waals surface area contributed by atoms with E-state index in [0.29, 0.717) is 0 Å². The highest BCUT2D eigenvalue weighted by molar-refractivity contribution is 5.32. The number of hydrogen-bond donors (Lipinski definition) is 1. The summed E-state index contributed by atoms with van der Waals surface area (Å²) in [5.74, 6) is 0.991. The molecule has 0 bridgehead atoms. The lowest BCUT2D eigenvalue weighted by molar-refractivity contribution is 0.162. The van der Waals surface area contributed by atoms with Crippen LogP contribution in [0.25, 0.3) is 0 Å². The lowest BCUT2D eigenvalue weighted by atomic mass is 10.1. The maximum atomic E-state index is 6.15. The maximum absolute atomic E-state index is 6.15. The smallest absolute Gasteiger partial charge is 0.122 e. The molecular weight excluding hydrogens is 198 g/mol. The van der Waals surface area contributed by atoms with Crippen LogP contribution in [0.4, 0.5) is 0 Å². The summed E-state index contributed by atoms with van der Waals surface area (Å²) < 4.78 is 6.05. The normalized spacial score (nSPS) is 26.1. The zero-order valence-electron chi connectivity index (χ0n) is 9.99. The Labute approximate surface area is 97.8 Å². The topological polar surface area (TPSA) is 35.2 Å². The summed E-state index contributed by atoms with van der Waals surface area (Å²) in [6.07, 6.45) is 6.16. The van der Waals surface area contributed by atoms with Crippen LogP contribution in [0.5, 0.6) is 5.75 Å². The van der Waals surface area contributed by atoms with Crippen molar-refractivity contribution in [3.63, 3.8) is 0 Å². The van der Waals surface area contributed by atoms with Gasteiger partial charge in [0, 0.05) is 6.04 Å². The zero-order valence-corrected chi connectivity index (χ0v) is 9.99. The predicted octanol–water partition coefficient (Wildman–Crippen LogP) is 3.03. The van der Waals surface area contributed by atoms with Crippen LogP contribution < -0.4 is 10.5 Å². The van der Waals surface area contributed by atoms with Gasteiger partial charge in [-0.25, -0.2) is 0 Å². The van der Waals surface area contributed by atoms with E-state index in [1.54, 1.807) is 0 Å². The summed E-state index contributed by atoms with van der Waals surface area (Å²) >= 11 is 0. The number of benzene rings is 1. The van der Waals surface area contributed by atoms with Crippen molar-refractivity contribution in [2.45, 2.75) is 51.2 Å². The van der Waals surface area contributed by atoms with Gasteiger partial charge < -0.3 is 10.5 Å². The minimum Gasteiger partial charge on any atom is -0.489 e. The fourth-order valence-electron chi connectivity index (χ4n) is 2.30. The van der Waals surface area contributed by atoms with Crippen molar-refractivity contribution >= 4 is 0 Å². The van der Waals surface area contributed by atoms with Crippen LogP contribution in [0, 0.1) is 6.92 Å². The maximum Gasteiger partial charge on any atom is 0.122 e. The molecule has 0 amide bonds. The monoisotopic (exact) mass is 219 g/mol. The average molecular weight is 219 g/mol. The molecule has 0 aromatic heterocycles. The van der Waals surface area contributed by atoms with Crippen molar-refractivity contribution in [3.05, 3.63) is 29.8 Å². The number of ether oxygens (including phenoxy) is 1. The Bertz CT molecular complexity index is 337. The third-order valence-corrected chi connectivity index (χ3v) is 3.38. The highest BCUT2D eigenvalue weighted by Crippen LogP contribution is 2.24. The van der Waals surface area contributed by atoms with Crippen molar-refractivity contribution in [2.24, 2.45) is 5.73 Å². The summed E-state index contributed by atoms with van der Waals surface area (Å²) in [7, 11) is 0. The van der Waals surface area contributed by atoms with E-state index in [-0.39, 0.29) is 12.1 Å². The second-order valence-corrected chi connectivity index (χ2v) is 4.72. The van der Waals surface area contributed by atoms with Crippen LogP contribution in [0.2, 0.25) is 0 Å². The Hall–Kier alpha value is -1.02. The standard InChI is InChI=1S/C14H21NO/c1-11-7-5-6-9-13(11)16-14-10-4-2-3-8-12(14)15/h5-7,9,12,14H,2-4,8,10,15H2,1H3. The van der Waals surface area contributed by atoms with Gasteiger partial charge in [-0.2, -0.15) is 0 Å². The van der Waals surface area contributed by atoms with E-state index in [2.05, 4.69) is 13.0 Å². The first kappa shape index (κ1) is 11.5. The van der Waals surface area contributed by atoms with Gasteiger partial charge in [0.2, 0.25) is 0 Å². The molecule has 88 valence electrons. The Morgan fingerprint density at radius 3 is 2.69 bits per heavy atom. The zero-order chi connectivity index (χ0) is 11.4. The fraction of sp³-hybridized carbons (Fsp3) is 0.571. The molecule has 0 aliphatic heterocycles. The van der Waals surface area contributed by atoms with Gasteiger partial charge in [0.15, 0.2) is 0 Å². The Kier molecular flexibility index (Phi) is 3.83. The van der Waals surface area contributed by atoms with E-state index in [1.165, 1.54) is 24.8 Å². The van der Waals surface area contributed by atoms with Crippen molar-refractivity contribution in [1.82, 2.24) is 0 Å². The minimum atomic E-state index is 0.196. The van der Waals surface area contributed by atoms with Gasteiger partial charge in [-0.15, -0.1) is 0 Å². The summed E-state index contributed by atoms with van der Waals surface area (Å²) in [5.41, 5.74) is 7.35. The molecule has 16 heavy (non-hydrogen) atoms. The number of nitrogens with two attached hydrogens (primary N) is 1. The molecule has 1 aromatic rings. The van der Waals surface area contributed by atoms with Gasteiger partial charge >= 0.3 is 0 Å². The fourth-order valence-corrected chi connectivity index (χ4v) is 2.30. The summed E-state index contributed by atoms with van der Waals surface area (Å²) in [5, 5.41) is 0. The van der Waals surface area contributed by atoms with E-state index in [1.807, 2.05) is 18.2 Å². The summed E-state index contributed by atoms with van der Waals surface area (Å²) in [6.45, 7) is 2.08. The molecule has 2 nitrogen and oxygen atoms in total. The first-order valence-corrected chi connectivity index (χ1v) is 6.25. The van der Waals surface area contributed by atoms with Crippen molar-refractivity contribution in [1.29, 1.82) is 0 Å².